The highest BCUT2D eigenvalue weighted by molar-refractivity contribution is 5.90. The molecule has 1 heterocycles. The van der Waals surface area contributed by atoms with Crippen molar-refractivity contribution < 1.29 is 0 Å². The van der Waals surface area contributed by atoms with Crippen molar-refractivity contribution in [1.82, 2.24) is 4.98 Å². The molecule has 0 saturated carbocycles. The summed E-state index contributed by atoms with van der Waals surface area (Å²) in [6, 6.07) is 10.8. The zero-order valence-corrected chi connectivity index (χ0v) is 10.8. The maximum atomic E-state index is 4.37. The molecule has 2 unspecified atom stereocenters. The van der Waals surface area contributed by atoms with Crippen molar-refractivity contribution in [2.45, 2.75) is 33.2 Å². The number of pyridine rings is 1. The van der Waals surface area contributed by atoms with E-state index in [0.29, 0.717) is 12.0 Å². The summed E-state index contributed by atoms with van der Waals surface area (Å²) in [5.41, 5.74) is 2.23. The van der Waals surface area contributed by atoms with E-state index in [2.05, 4.69) is 55.3 Å². The number of anilines is 1. The molecular weight excluding hydrogens is 208 g/mol. The van der Waals surface area contributed by atoms with E-state index in [0.717, 1.165) is 5.52 Å². The van der Waals surface area contributed by atoms with Gasteiger partial charge in [-0.05, 0) is 25.0 Å². The predicted octanol–water partition coefficient (Wildman–Crippen LogP) is 4.08. The van der Waals surface area contributed by atoms with Crippen LogP contribution in [0.4, 0.5) is 5.69 Å². The van der Waals surface area contributed by atoms with Crippen LogP contribution in [0.25, 0.3) is 10.9 Å². The first-order valence-electron chi connectivity index (χ1n) is 6.32. The Morgan fingerprint density at radius 3 is 2.71 bits per heavy atom. The molecule has 2 nitrogen and oxygen atoms in total. The summed E-state index contributed by atoms with van der Waals surface area (Å²) in [5, 5.41) is 4.79. The number of para-hydroxylation sites is 1. The molecule has 2 aromatic rings. The largest absolute Gasteiger partial charge is 0.382 e. The molecule has 90 valence electrons. The molecule has 0 fully saturated rings. The second-order valence-corrected chi connectivity index (χ2v) is 4.69. The van der Waals surface area contributed by atoms with Crippen molar-refractivity contribution in [3.63, 3.8) is 0 Å². The van der Waals surface area contributed by atoms with Gasteiger partial charge in [0.2, 0.25) is 0 Å². The molecule has 0 amide bonds. The van der Waals surface area contributed by atoms with Gasteiger partial charge in [-0.2, -0.15) is 0 Å². The predicted molar refractivity (Wildman–Crippen MR) is 74.3 cm³/mol. The molecule has 0 saturated heterocycles. The van der Waals surface area contributed by atoms with E-state index in [1.165, 1.54) is 17.5 Å². The topological polar surface area (TPSA) is 24.9 Å². The highest BCUT2D eigenvalue weighted by Crippen LogP contribution is 2.23. The van der Waals surface area contributed by atoms with Crippen LogP contribution in [0, 0.1) is 5.92 Å². The first-order chi connectivity index (χ1) is 8.22. The smallest absolute Gasteiger partial charge is 0.0722 e. The van der Waals surface area contributed by atoms with Crippen LogP contribution < -0.4 is 5.32 Å². The van der Waals surface area contributed by atoms with Crippen LogP contribution in [0.5, 0.6) is 0 Å². The molecule has 0 bridgehead atoms. The Morgan fingerprint density at radius 2 is 1.94 bits per heavy atom. The molecule has 1 aromatic heterocycles. The van der Waals surface area contributed by atoms with Gasteiger partial charge in [0.1, 0.15) is 0 Å². The summed E-state index contributed by atoms with van der Waals surface area (Å²) >= 11 is 0. The summed E-state index contributed by atoms with van der Waals surface area (Å²) in [5.74, 6) is 0.668. The normalized spacial score (nSPS) is 14.5. The van der Waals surface area contributed by atoms with Gasteiger partial charge in [-0.3, -0.25) is 4.98 Å². The number of nitrogens with zero attached hydrogens (tertiary/aromatic N) is 1. The third-order valence-electron chi connectivity index (χ3n) is 3.53. The van der Waals surface area contributed by atoms with E-state index in [4.69, 9.17) is 0 Å². The minimum atomic E-state index is 0.478. The summed E-state index contributed by atoms with van der Waals surface area (Å²) < 4.78 is 0. The molecule has 0 aliphatic rings. The van der Waals surface area contributed by atoms with E-state index in [1.807, 2.05) is 12.3 Å². The summed E-state index contributed by atoms with van der Waals surface area (Å²) in [6.45, 7) is 6.75. The third kappa shape index (κ3) is 2.57. The van der Waals surface area contributed by atoms with Gasteiger partial charge in [0.05, 0.1) is 5.52 Å². The van der Waals surface area contributed by atoms with E-state index in [1.54, 1.807) is 0 Å². The van der Waals surface area contributed by atoms with Gasteiger partial charge in [0, 0.05) is 23.3 Å². The minimum Gasteiger partial charge on any atom is -0.382 e. The molecule has 17 heavy (non-hydrogen) atoms. The van der Waals surface area contributed by atoms with Crippen molar-refractivity contribution in [1.29, 1.82) is 0 Å². The third-order valence-corrected chi connectivity index (χ3v) is 3.53. The minimum absolute atomic E-state index is 0.478. The Labute approximate surface area is 103 Å². The molecule has 2 heteroatoms. The molecular formula is C15H20N2. The lowest BCUT2D eigenvalue weighted by Gasteiger charge is -2.21. The molecule has 1 N–H and O–H groups in total. The molecule has 0 spiro atoms. The van der Waals surface area contributed by atoms with Crippen LogP contribution in [0.2, 0.25) is 0 Å². The Morgan fingerprint density at radius 1 is 1.18 bits per heavy atom. The molecule has 2 atom stereocenters. The Bertz CT molecular complexity index is 488. The van der Waals surface area contributed by atoms with Gasteiger partial charge in [-0.15, -0.1) is 0 Å². The van der Waals surface area contributed by atoms with E-state index >= 15 is 0 Å². The Hall–Kier alpha value is -1.57. The second-order valence-electron chi connectivity index (χ2n) is 4.69. The van der Waals surface area contributed by atoms with Crippen LogP contribution in [-0.2, 0) is 0 Å². The fraction of sp³-hybridized carbons (Fsp3) is 0.400. The zero-order chi connectivity index (χ0) is 12.3. The summed E-state index contributed by atoms with van der Waals surface area (Å²) in [4.78, 5) is 4.37. The van der Waals surface area contributed by atoms with E-state index in [9.17, 15) is 0 Å². The van der Waals surface area contributed by atoms with Gasteiger partial charge >= 0.3 is 0 Å². The fourth-order valence-corrected chi connectivity index (χ4v) is 1.96. The monoisotopic (exact) mass is 228 g/mol. The molecule has 0 aliphatic carbocycles. The van der Waals surface area contributed by atoms with Crippen LogP contribution in [0.1, 0.15) is 27.2 Å². The van der Waals surface area contributed by atoms with Gasteiger partial charge < -0.3 is 5.32 Å². The van der Waals surface area contributed by atoms with Crippen LogP contribution in [0.15, 0.2) is 36.5 Å². The summed E-state index contributed by atoms with van der Waals surface area (Å²) in [7, 11) is 0. The second kappa shape index (κ2) is 5.17. The van der Waals surface area contributed by atoms with E-state index < -0.39 is 0 Å². The average Bonchev–Trinajstić information content (AvgIpc) is 2.38. The number of hydrogen-bond donors (Lipinski definition) is 1. The lowest BCUT2D eigenvalue weighted by Crippen LogP contribution is -2.23. The molecule has 2 rings (SSSR count). The lowest BCUT2D eigenvalue weighted by atomic mass is 10.0. The van der Waals surface area contributed by atoms with Crippen LogP contribution in [-0.4, -0.2) is 11.0 Å². The molecule has 0 radical (unpaired) electrons. The van der Waals surface area contributed by atoms with Crippen LogP contribution in [0.3, 0.4) is 0 Å². The zero-order valence-electron chi connectivity index (χ0n) is 10.8. The van der Waals surface area contributed by atoms with Gasteiger partial charge in [-0.1, -0.05) is 38.5 Å². The molecule has 0 aliphatic heterocycles. The maximum absolute atomic E-state index is 4.37. The number of aromatic nitrogens is 1. The SMILES string of the molecule is CCC(C)C(C)Nc1ccnc2ccccc12. The first kappa shape index (κ1) is 11.9. The lowest BCUT2D eigenvalue weighted by molar-refractivity contribution is 0.495. The fourth-order valence-electron chi connectivity index (χ4n) is 1.96. The van der Waals surface area contributed by atoms with Crippen molar-refractivity contribution in [3.05, 3.63) is 36.5 Å². The number of nitrogens with one attached hydrogen (secondary N) is 1. The first-order valence-corrected chi connectivity index (χ1v) is 6.32. The van der Waals surface area contributed by atoms with Crippen molar-refractivity contribution in [3.8, 4) is 0 Å². The van der Waals surface area contributed by atoms with Crippen molar-refractivity contribution in [2.24, 2.45) is 5.92 Å². The van der Waals surface area contributed by atoms with Crippen molar-refractivity contribution >= 4 is 16.6 Å². The number of rotatable bonds is 4. The highest BCUT2D eigenvalue weighted by Gasteiger charge is 2.11. The Kier molecular flexibility index (Phi) is 3.62. The van der Waals surface area contributed by atoms with Gasteiger partial charge in [0.15, 0.2) is 0 Å². The highest BCUT2D eigenvalue weighted by atomic mass is 14.9. The maximum Gasteiger partial charge on any atom is 0.0722 e. The Balaban J connectivity index is 2.30. The van der Waals surface area contributed by atoms with Gasteiger partial charge in [-0.25, -0.2) is 0 Å². The number of hydrogen-bond acceptors (Lipinski definition) is 2. The number of fused-ring (bicyclic) bond motifs is 1. The van der Waals surface area contributed by atoms with E-state index in [-0.39, 0.29) is 0 Å². The molecule has 1 aromatic carbocycles. The van der Waals surface area contributed by atoms with Crippen molar-refractivity contribution in [2.75, 3.05) is 5.32 Å². The number of benzene rings is 1. The quantitative estimate of drug-likeness (QED) is 0.852. The standard InChI is InChI=1S/C15H20N2/c1-4-11(2)12(3)17-15-9-10-16-14-8-6-5-7-13(14)15/h5-12H,4H2,1-3H3,(H,16,17). The van der Waals surface area contributed by atoms with Gasteiger partial charge in [0.25, 0.3) is 0 Å². The average molecular weight is 228 g/mol. The van der Waals surface area contributed by atoms with Crippen LogP contribution >= 0.6 is 0 Å². The summed E-state index contributed by atoms with van der Waals surface area (Å²) in [6.07, 6.45) is 3.06.